The maximum Gasteiger partial charge on any atom is 0.273 e. The molecule has 0 aliphatic carbocycles. The molecular formula is C29H27N5O5S. The van der Waals surface area contributed by atoms with E-state index >= 15 is 0 Å². The molecule has 3 heterocycles. The molecule has 40 heavy (non-hydrogen) atoms. The number of carbonyl (C=O) groups is 1. The number of furan rings is 1. The molecule has 0 saturated carbocycles. The number of thiocarbonyl (C=S) groups is 1. The average Bonchev–Trinajstić information content (AvgIpc) is 3.57. The van der Waals surface area contributed by atoms with Gasteiger partial charge in [0.15, 0.2) is 5.11 Å². The van der Waals surface area contributed by atoms with Gasteiger partial charge >= 0.3 is 0 Å². The van der Waals surface area contributed by atoms with Crippen LogP contribution in [0.2, 0.25) is 0 Å². The molecule has 0 bridgehead atoms. The number of pyridine rings is 1. The minimum atomic E-state index is -0.477. The van der Waals surface area contributed by atoms with E-state index in [1.54, 1.807) is 18.3 Å². The molecule has 1 aliphatic heterocycles. The summed E-state index contributed by atoms with van der Waals surface area (Å²) in [5.74, 6) is 1.26. The Morgan fingerprint density at radius 1 is 1.18 bits per heavy atom. The van der Waals surface area contributed by atoms with Crippen molar-refractivity contribution in [1.82, 2.24) is 15.2 Å². The van der Waals surface area contributed by atoms with E-state index in [2.05, 4.69) is 15.6 Å². The number of carbonyl (C=O) groups excluding carboxylic acids is 1. The highest BCUT2D eigenvalue weighted by atomic mass is 32.1. The third-order valence-corrected chi connectivity index (χ3v) is 7.04. The van der Waals surface area contributed by atoms with Crippen LogP contribution in [0.5, 0.6) is 5.75 Å². The van der Waals surface area contributed by atoms with Gasteiger partial charge in [-0.3, -0.25) is 19.9 Å². The number of amides is 1. The van der Waals surface area contributed by atoms with Crippen LogP contribution in [-0.4, -0.2) is 39.5 Å². The lowest BCUT2D eigenvalue weighted by atomic mass is 10.0. The van der Waals surface area contributed by atoms with Crippen LogP contribution in [0.3, 0.4) is 0 Å². The number of nitrogens with one attached hydrogen (secondary N) is 2. The number of benzene rings is 2. The molecule has 10 nitrogen and oxygen atoms in total. The first kappa shape index (κ1) is 26.8. The van der Waals surface area contributed by atoms with E-state index in [1.165, 1.54) is 19.2 Å². The van der Waals surface area contributed by atoms with Crippen LogP contribution in [0, 0.1) is 17.0 Å². The summed E-state index contributed by atoms with van der Waals surface area (Å²) in [6.07, 6.45) is 1.91. The molecule has 0 radical (unpaired) electrons. The summed E-state index contributed by atoms with van der Waals surface area (Å²) < 4.78 is 11.7. The minimum absolute atomic E-state index is 0.0805. The summed E-state index contributed by atoms with van der Waals surface area (Å²) in [6, 6.07) is 20.5. The number of nitro groups is 1. The maximum atomic E-state index is 12.8. The molecule has 2 aromatic heterocycles. The quantitative estimate of drug-likeness (QED) is 0.154. The second kappa shape index (κ2) is 11.5. The number of rotatable bonds is 9. The zero-order chi connectivity index (χ0) is 28.2. The van der Waals surface area contributed by atoms with Gasteiger partial charge in [-0.1, -0.05) is 23.8 Å². The van der Waals surface area contributed by atoms with E-state index in [0.717, 1.165) is 16.9 Å². The topological polar surface area (TPSA) is 123 Å². The molecule has 2 N–H and O–H groups in total. The van der Waals surface area contributed by atoms with Gasteiger partial charge in [0.25, 0.3) is 5.69 Å². The fourth-order valence-corrected chi connectivity index (χ4v) is 5.02. The number of anilines is 1. The molecule has 4 aromatic rings. The van der Waals surface area contributed by atoms with E-state index in [-0.39, 0.29) is 24.1 Å². The van der Waals surface area contributed by atoms with Gasteiger partial charge in [0, 0.05) is 30.9 Å². The van der Waals surface area contributed by atoms with E-state index in [0.29, 0.717) is 34.5 Å². The Kier molecular flexibility index (Phi) is 7.74. The molecule has 2 unspecified atom stereocenters. The van der Waals surface area contributed by atoms with Gasteiger partial charge < -0.3 is 24.7 Å². The number of aromatic nitrogens is 1. The molecule has 2 aromatic carbocycles. The predicted molar refractivity (Wildman–Crippen MR) is 154 cm³/mol. The SMILES string of the molecule is COc1cc([N+](=O)[O-])ccc1-c1ccc(C2C(c3ccccn3)NC(=S)N2CCC(=O)Nc2ccc(C)cc2)o1. The average molecular weight is 558 g/mol. The van der Waals surface area contributed by atoms with Gasteiger partial charge in [-0.05, 0) is 61.6 Å². The second-order valence-electron chi connectivity index (χ2n) is 9.33. The van der Waals surface area contributed by atoms with Crippen molar-refractivity contribution in [2.24, 2.45) is 0 Å². The lowest BCUT2D eigenvalue weighted by Gasteiger charge is -2.25. The van der Waals surface area contributed by atoms with Gasteiger partial charge in [-0.15, -0.1) is 0 Å². The van der Waals surface area contributed by atoms with Crippen LogP contribution in [0.1, 0.15) is 35.5 Å². The van der Waals surface area contributed by atoms with Crippen molar-refractivity contribution in [3.63, 3.8) is 0 Å². The van der Waals surface area contributed by atoms with Crippen molar-refractivity contribution in [2.75, 3.05) is 19.0 Å². The minimum Gasteiger partial charge on any atom is -0.496 e. The summed E-state index contributed by atoms with van der Waals surface area (Å²) in [7, 11) is 1.45. The predicted octanol–water partition coefficient (Wildman–Crippen LogP) is 5.57. The monoisotopic (exact) mass is 557 g/mol. The molecule has 1 aliphatic rings. The van der Waals surface area contributed by atoms with E-state index in [9.17, 15) is 14.9 Å². The van der Waals surface area contributed by atoms with E-state index in [1.807, 2.05) is 60.4 Å². The highest BCUT2D eigenvalue weighted by Gasteiger charge is 2.41. The summed E-state index contributed by atoms with van der Waals surface area (Å²) in [5.41, 5.74) is 3.11. The third kappa shape index (κ3) is 5.64. The first-order valence-corrected chi connectivity index (χ1v) is 13.0. The second-order valence-corrected chi connectivity index (χ2v) is 9.71. The molecular weight excluding hydrogens is 530 g/mol. The zero-order valence-corrected chi connectivity index (χ0v) is 22.7. The standard InChI is InChI=1S/C29H27N5O5S/c1-18-6-8-19(9-7-18)31-26(35)14-16-33-28(27(32-29(33)40)22-5-3-4-15-30-22)24-13-12-23(39-24)21-11-10-20(34(36)37)17-25(21)38-2/h3-13,15,17,27-28H,14,16H2,1-2H3,(H,31,35)(H,32,40). The lowest BCUT2D eigenvalue weighted by Crippen LogP contribution is -2.32. The number of hydrogen-bond acceptors (Lipinski definition) is 7. The number of aryl methyl sites for hydroxylation is 1. The van der Waals surface area contributed by atoms with Crippen molar-refractivity contribution < 1.29 is 18.9 Å². The molecule has 2 atom stereocenters. The van der Waals surface area contributed by atoms with Crippen LogP contribution in [0.25, 0.3) is 11.3 Å². The zero-order valence-electron chi connectivity index (χ0n) is 21.9. The van der Waals surface area contributed by atoms with Gasteiger partial charge in [0.05, 0.1) is 35.4 Å². The first-order valence-electron chi connectivity index (χ1n) is 12.6. The van der Waals surface area contributed by atoms with Gasteiger partial charge in [0.2, 0.25) is 5.91 Å². The largest absolute Gasteiger partial charge is 0.496 e. The Morgan fingerprint density at radius 3 is 2.67 bits per heavy atom. The highest BCUT2D eigenvalue weighted by molar-refractivity contribution is 7.80. The van der Waals surface area contributed by atoms with Crippen molar-refractivity contribution in [3.05, 3.63) is 106 Å². The molecule has 1 fully saturated rings. The Bertz CT molecular complexity index is 1540. The van der Waals surface area contributed by atoms with Crippen molar-refractivity contribution in [1.29, 1.82) is 0 Å². The highest BCUT2D eigenvalue weighted by Crippen LogP contribution is 2.42. The van der Waals surface area contributed by atoms with Gasteiger partial charge in [-0.2, -0.15) is 0 Å². The van der Waals surface area contributed by atoms with Crippen LogP contribution in [0.15, 0.2) is 83.4 Å². The molecule has 11 heteroatoms. The smallest absolute Gasteiger partial charge is 0.273 e. The van der Waals surface area contributed by atoms with Crippen molar-refractivity contribution in [2.45, 2.75) is 25.4 Å². The normalized spacial score (nSPS) is 16.4. The number of ether oxygens (including phenoxy) is 1. The fraction of sp³-hybridized carbons (Fsp3) is 0.207. The third-order valence-electron chi connectivity index (χ3n) is 6.69. The summed E-state index contributed by atoms with van der Waals surface area (Å²) in [5, 5.41) is 18.0. The number of nitro benzene ring substituents is 1. The Hall–Kier alpha value is -4.77. The fourth-order valence-electron chi connectivity index (χ4n) is 4.69. The summed E-state index contributed by atoms with van der Waals surface area (Å²) in [4.78, 5) is 30.0. The van der Waals surface area contributed by atoms with Crippen LogP contribution in [0.4, 0.5) is 11.4 Å². The molecule has 1 amide bonds. The summed E-state index contributed by atoms with van der Waals surface area (Å²) in [6.45, 7) is 2.33. The molecule has 0 spiro atoms. The van der Waals surface area contributed by atoms with Crippen LogP contribution >= 0.6 is 12.2 Å². The Morgan fingerprint density at radius 2 is 1.98 bits per heavy atom. The lowest BCUT2D eigenvalue weighted by molar-refractivity contribution is -0.384. The molecule has 204 valence electrons. The maximum absolute atomic E-state index is 12.8. The van der Waals surface area contributed by atoms with Crippen molar-refractivity contribution in [3.8, 4) is 17.1 Å². The van der Waals surface area contributed by atoms with Gasteiger partial charge in [-0.25, -0.2) is 0 Å². The van der Waals surface area contributed by atoms with E-state index in [4.69, 9.17) is 21.4 Å². The Balaban J connectivity index is 1.42. The number of hydrogen-bond donors (Lipinski definition) is 2. The van der Waals surface area contributed by atoms with E-state index < -0.39 is 11.0 Å². The number of non-ortho nitro benzene ring substituents is 1. The molecule has 5 rings (SSSR count). The Labute approximate surface area is 236 Å². The molecule has 1 saturated heterocycles. The van der Waals surface area contributed by atoms with Crippen molar-refractivity contribution >= 4 is 34.6 Å². The number of methoxy groups -OCH3 is 1. The van der Waals surface area contributed by atoms with Crippen LogP contribution in [-0.2, 0) is 4.79 Å². The number of nitrogens with zero attached hydrogens (tertiary/aromatic N) is 3. The van der Waals surface area contributed by atoms with Gasteiger partial charge in [0.1, 0.15) is 23.3 Å². The van der Waals surface area contributed by atoms with Crippen LogP contribution < -0.4 is 15.4 Å². The first-order chi connectivity index (χ1) is 19.3. The summed E-state index contributed by atoms with van der Waals surface area (Å²) >= 11 is 5.70.